The molecule has 0 spiro atoms. The van der Waals surface area contributed by atoms with Gasteiger partial charge in [0.05, 0.1) is 0 Å². The van der Waals surface area contributed by atoms with Crippen molar-refractivity contribution in [2.75, 3.05) is 0 Å². The van der Waals surface area contributed by atoms with Crippen molar-refractivity contribution in [3.05, 3.63) is 0 Å². The van der Waals surface area contributed by atoms with Crippen LogP contribution in [0.3, 0.4) is 0 Å². The molecule has 1 atom stereocenters. The minimum Gasteiger partial charge on any atom is -0.0837 e. The topological polar surface area (TPSA) is 0 Å². The molecule has 7 heavy (non-hydrogen) atoms. The molecule has 0 nitrogen and oxygen atoms in total. The number of hydrogen-bond acceptors (Lipinski definition) is 1. The van der Waals surface area contributed by atoms with Gasteiger partial charge in [-0.05, 0) is 12.3 Å². The summed E-state index contributed by atoms with van der Waals surface area (Å²) in [5.74, 6) is 0.734. The predicted molar refractivity (Wildman–Crippen MR) is 36.7 cm³/mol. The van der Waals surface area contributed by atoms with Crippen LogP contribution >= 0.6 is 12.2 Å². The molecule has 1 radical (unpaired) electrons. The Hall–Kier alpha value is 0.0900. The minimum atomic E-state index is 0.734. The molecule has 0 amide bonds. The van der Waals surface area contributed by atoms with Crippen molar-refractivity contribution in [2.45, 2.75) is 26.7 Å². The average Bonchev–Trinajstić information content (AvgIpc) is 1.68. The van der Waals surface area contributed by atoms with Gasteiger partial charge in [0.2, 0.25) is 0 Å². The predicted octanol–water partition coefficient (Wildman–Crippen LogP) is 2.30. The summed E-state index contributed by atoms with van der Waals surface area (Å²) in [7, 11) is 0. The second kappa shape index (κ2) is 4.25. The number of rotatable bonds is 3. The van der Waals surface area contributed by atoms with Gasteiger partial charge in [-0.25, -0.2) is 0 Å². The lowest BCUT2D eigenvalue weighted by Crippen LogP contribution is -1.89. The summed E-state index contributed by atoms with van der Waals surface area (Å²) in [6.45, 7) is 4.34. The summed E-state index contributed by atoms with van der Waals surface area (Å²) >= 11 is 4.54. The quantitative estimate of drug-likeness (QED) is 0.508. The zero-order valence-electron chi connectivity index (χ0n) is 4.90. The van der Waals surface area contributed by atoms with Crippen molar-refractivity contribution in [3.63, 3.8) is 0 Å². The summed E-state index contributed by atoms with van der Waals surface area (Å²) in [5, 5.41) is 2.70. The standard InChI is InChI=1S/C6H11S/c1-3-6(2)4-5-7/h6H,3-4H2,1-2H3. The third-order valence-corrected chi connectivity index (χ3v) is 1.30. The average molecular weight is 115 g/mol. The first-order valence-electron chi connectivity index (χ1n) is 2.66. The summed E-state index contributed by atoms with van der Waals surface area (Å²) in [6.07, 6.45) is 2.18. The molecule has 0 aromatic rings. The Labute approximate surface area is 50.9 Å². The van der Waals surface area contributed by atoms with Crippen LogP contribution in [-0.4, -0.2) is 5.37 Å². The Bertz CT molecular complexity index is 50.1. The van der Waals surface area contributed by atoms with Crippen LogP contribution in [0.5, 0.6) is 0 Å². The molecule has 41 valence electrons. The molecule has 0 N–H and O–H groups in total. The van der Waals surface area contributed by atoms with Crippen molar-refractivity contribution >= 4 is 17.6 Å². The Morgan fingerprint density at radius 2 is 2.29 bits per heavy atom. The van der Waals surface area contributed by atoms with Gasteiger partial charge in [-0.1, -0.05) is 32.5 Å². The first-order valence-corrected chi connectivity index (χ1v) is 3.07. The highest BCUT2D eigenvalue weighted by atomic mass is 32.1. The second-order valence-electron chi connectivity index (χ2n) is 1.86. The van der Waals surface area contributed by atoms with Crippen molar-refractivity contribution in [1.29, 1.82) is 0 Å². The van der Waals surface area contributed by atoms with Crippen LogP contribution in [0.2, 0.25) is 0 Å². The zero-order valence-corrected chi connectivity index (χ0v) is 5.72. The highest BCUT2D eigenvalue weighted by Gasteiger charge is 1.92. The Morgan fingerprint density at radius 3 is 2.43 bits per heavy atom. The normalized spacial score (nSPS) is 13.4. The monoisotopic (exact) mass is 115 g/mol. The molecule has 0 bridgehead atoms. The van der Waals surface area contributed by atoms with E-state index in [1.807, 2.05) is 0 Å². The molecule has 0 aromatic carbocycles. The molecule has 0 rings (SSSR count). The molecule has 0 aromatic heterocycles. The second-order valence-corrected chi connectivity index (χ2v) is 2.15. The highest BCUT2D eigenvalue weighted by molar-refractivity contribution is 7.78. The van der Waals surface area contributed by atoms with E-state index in [1.54, 1.807) is 0 Å². The van der Waals surface area contributed by atoms with Gasteiger partial charge in [-0.2, -0.15) is 0 Å². The number of thiocarbonyl (C=S) groups is 1. The van der Waals surface area contributed by atoms with Crippen molar-refractivity contribution in [3.8, 4) is 0 Å². The van der Waals surface area contributed by atoms with E-state index < -0.39 is 0 Å². The summed E-state index contributed by atoms with van der Waals surface area (Å²) in [5.41, 5.74) is 0. The SMILES string of the molecule is CCC(C)C[C]=S. The summed E-state index contributed by atoms with van der Waals surface area (Å²) < 4.78 is 0. The molecular weight excluding hydrogens is 104 g/mol. The van der Waals surface area contributed by atoms with E-state index in [0.29, 0.717) is 0 Å². The lowest BCUT2D eigenvalue weighted by Gasteiger charge is -1.98. The van der Waals surface area contributed by atoms with Crippen LogP contribution in [0.1, 0.15) is 26.7 Å². The molecule has 0 fully saturated rings. The maximum absolute atomic E-state index is 4.54. The third-order valence-electron chi connectivity index (χ3n) is 1.13. The van der Waals surface area contributed by atoms with E-state index in [0.717, 1.165) is 12.3 Å². The molecule has 0 aliphatic heterocycles. The maximum Gasteiger partial charge on any atom is 0.0294 e. The minimum absolute atomic E-state index is 0.734. The van der Waals surface area contributed by atoms with E-state index in [1.165, 1.54) is 6.42 Å². The zero-order chi connectivity index (χ0) is 5.70. The van der Waals surface area contributed by atoms with Crippen LogP contribution in [0.25, 0.3) is 0 Å². The molecule has 1 heteroatoms. The largest absolute Gasteiger partial charge is 0.0837 e. The van der Waals surface area contributed by atoms with Crippen LogP contribution in [0.4, 0.5) is 0 Å². The van der Waals surface area contributed by atoms with E-state index in [2.05, 4.69) is 31.4 Å². The van der Waals surface area contributed by atoms with Gasteiger partial charge >= 0.3 is 0 Å². The van der Waals surface area contributed by atoms with Gasteiger partial charge in [-0.3, -0.25) is 0 Å². The van der Waals surface area contributed by atoms with E-state index >= 15 is 0 Å². The molecule has 0 aliphatic carbocycles. The summed E-state index contributed by atoms with van der Waals surface area (Å²) in [6, 6.07) is 0. The molecule has 0 aliphatic rings. The van der Waals surface area contributed by atoms with Gasteiger partial charge in [0.15, 0.2) is 0 Å². The summed E-state index contributed by atoms with van der Waals surface area (Å²) in [4.78, 5) is 0. The Morgan fingerprint density at radius 1 is 1.71 bits per heavy atom. The van der Waals surface area contributed by atoms with Gasteiger partial charge in [0.1, 0.15) is 0 Å². The van der Waals surface area contributed by atoms with Crippen molar-refractivity contribution < 1.29 is 0 Å². The van der Waals surface area contributed by atoms with Gasteiger partial charge < -0.3 is 0 Å². The number of hydrogen-bond donors (Lipinski definition) is 0. The molecule has 0 saturated heterocycles. The molecule has 0 heterocycles. The molecule has 0 saturated carbocycles. The fourth-order valence-electron chi connectivity index (χ4n) is 0.287. The fraction of sp³-hybridized carbons (Fsp3) is 0.833. The lowest BCUT2D eigenvalue weighted by molar-refractivity contribution is 0.594. The smallest absolute Gasteiger partial charge is 0.0294 e. The van der Waals surface area contributed by atoms with E-state index in [4.69, 9.17) is 0 Å². The fourth-order valence-corrected chi connectivity index (χ4v) is 0.571. The van der Waals surface area contributed by atoms with Crippen LogP contribution in [-0.2, 0) is 0 Å². The molecular formula is C6H11S. The van der Waals surface area contributed by atoms with Crippen molar-refractivity contribution in [2.24, 2.45) is 5.92 Å². The van der Waals surface area contributed by atoms with Crippen molar-refractivity contribution in [1.82, 2.24) is 0 Å². The lowest BCUT2D eigenvalue weighted by atomic mass is 10.1. The van der Waals surface area contributed by atoms with E-state index in [9.17, 15) is 0 Å². The van der Waals surface area contributed by atoms with Gasteiger partial charge in [-0.15, -0.1) is 0 Å². The van der Waals surface area contributed by atoms with Crippen LogP contribution < -0.4 is 0 Å². The first kappa shape index (κ1) is 7.09. The van der Waals surface area contributed by atoms with Crippen LogP contribution in [0.15, 0.2) is 0 Å². The third kappa shape index (κ3) is 3.93. The Balaban J connectivity index is 2.98. The first-order chi connectivity index (χ1) is 3.31. The maximum atomic E-state index is 4.54. The van der Waals surface area contributed by atoms with Crippen LogP contribution in [0, 0.1) is 5.92 Å². The van der Waals surface area contributed by atoms with E-state index in [-0.39, 0.29) is 0 Å². The highest BCUT2D eigenvalue weighted by Crippen LogP contribution is 2.02. The Kier molecular flexibility index (Phi) is 4.31. The van der Waals surface area contributed by atoms with Gasteiger partial charge in [0, 0.05) is 5.37 Å². The van der Waals surface area contributed by atoms with Gasteiger partial charge in [0.25, 0.3) is 0 Å². The molecule has 1 unspecified atom stereocenters.